The SMILES string of the molecule is CCCN(C(=O)NC)c1ccc(CN)cc1. The van der Waals surface area contributed by atoms with Crippen molar-refractivity contribution in [2.75, 3.05) is 18.5 Å². The lowest BCUT2D eigenvalue weighted by Gasteiger charge is -2.21. The molecule has 1 aromatic rings. The van der Waals surface area contributed by atoms with Crippen molar-refractivity contribution >= 4 is 11.7 Å². The average molecular weight is 221 g/mol. The zero-order valence-corrected chi connectivity index (χ0v) is 9.86. The van der Waals surface area contributed by atoms with Gasteiger partial charge in [0.15, 0.2) is 0 Å². The first-order valence-electron chi connectivity index (χ1n) is 5.51. The third-order valence-corrected chi connectivity index (χ3v) is 2.39. The van der Waals surface area contributed by atoms with Crippen LogP contribution >= 0.6 is 0 Å². The normalized spacial score (nSPS) is 9.94. The van der Waals surface area contributed by atoms with Crippen LogP contribution in [0.4, 0.5) is 10.5 Å². The molecule has 0 aromatic heterocycles. The van der Waals surface area contributed by atoms with Gasteiger partial charge >= 0.3 is 6.03 Å². The highest BCUT2D eigenvalue weighted by Crippen LogP contribution is 2.15. The molecule has 4 heteroatoms. The summed E-state index contributed by atoms with van der Waals surface area (Å²) in [5.74, 6) is 0. The second-order valence-corrected chi connectivity index (χ2v) is 3.58. The van der Waals surface area contributed by atoms with Crippen LogP contribution in [0.5, 0.6) is 0 Å². The lowest BCUT2D eigenvalue weighted by molar-refractivity contribution is 0.248. The number of nitrogens with one attached hydrogen (secondary N) is 1. The van der Waals surface area contributed by atoms with Gasteiger partial charge in [-0.15, -0.1) is 0 Å². The van der Waals surface area contributed by atoms with Gasteiger partial charge in [-0.05, 0) is 24.1 Å². The number of amides is 2. The molecule has 0 aliphatic carbocycles. The van der Waals surface area contributed by atoms with Crippen molar-refractivity contribution in [3.63, 3.8) is 0 Å². The van der Waals surface area contributed by atoms with Gasteiger partial charge in [0.25, 0.3) is 0 Å². The lowest BCUT2D eigenvalue weighted by atomic mass is 10.2. The molecule has 0 heterocycles. The van der Waals surface area contributed by atoms with Crippen molar-refractivity contribution < 1.29 is 4.79 Å². The number of rotatable bonds is 4. The van der Waals surface area contributed by atoms with E-state index in [9.17, 15) is 4.79 Å². The van der Waals surface area contributed by atoms with Crippen LogP contribution in [-0.4, -0.2) is 19.6 Å². The monoisotopic (exact) mass is 221 g/mol. The summed E-state index contributed by atoms with van der Waals surface area (Å²) >= 11 is 0. The van der Waals surface area contributed by atoms with Crippen LogP contribution in [0.2, 0.25) is 0 Å². The highest BCUT2D eigenvalue weighted by Gasteiger charge is 2.12. The maximum absolute atomic E-state index is 11.6. The minimum atomic E-state index is -0.0812. The first kappa shape index (κ1) is 12.5. The Morgan fingerprint density at radius 2 is 2.00 bits per heavy atom. The highest BCUT2D eigenvalue weighted by atomic mass is 16.2. The van der Waals surface area contributed by atoms with E-state index < -0.39 is 0 Å². The molecule has 1 rings (SSSR count). The minimum Gasteiger partial charge on any atom is -0.341 e. The van der Waals surface area contributed by atoms with Gasteiger partial charge in [-0.2, -0.15) is 0 Å². The molecule has 0 saturated carbocycles. The number of nitrogens with two attached hydrogens (primary N) is 1. The molecular weight excluding hydrogens is 202 g/mol. The predicted molar refractivity (Wildman–Crippen MR) is 66.4 cm³/mol. The maximum atomic E-state index is 11.6. The van der Waals surface area contributed by atoms with Crippen molar-refractivity contribution in [3.05, 3.63) is 29.8 Å². The van der Waals surface area contributed by atoms with E-state index in [1.165, 1.54) is 0 Å². The average Bonchev–Trinajstić information content (AvgIpc) is 2.35. The van der Waals surface area contributed by atoms with E-state index in [-0.39, 0.29) is 6.03 Å². The molecule has 0 saturated heterocycles. The molecule has 0 atom stereocenters. The standard InChI is InChI=1S/C12H19N3O/c1-3-8-15(12(16)14-2)11-6-4-10(9-13)5-7-11/h4-7H,3,8-9,13H2,1-2H3,(H,14,16). The van der Waals surface area contributed by atoms with Gasteiger partial charge in [0, 0.05) is 25.8 Å². The number of carbonyl (C=O) groups is 1. The first-order valence-corrected chi connectivity index (χ1v) is 5.51. The van der Waals surface area contributed by atoms with Crippen LogP contribution in [0, 0.1) is 0 Å². The Morgan fingerprint density at radius 1 is 1.38 bits per heavy atom. The molecule has 1 aromatic carbocycles. The Bertz CT molecular complexity index is 335. The Hall–Kier alpha value is -1.55. The topological polar surface area (TPSA) is 58.4 Å². The smallest absolute Gasteiger partial charge is 0.321 e. The van der Waals surface area contributed by atoms with Crippen LogP contribution in [0.1, 0.15) is 18.9 Å². The largest absolute Gasteiger partial charge is 0.341 e. The zero-order valence-electron chi connectivity index (χ0n) is 9.86. The Kier molecular flexibility index (Phi) is 4.79. The number of urea groups is 1. The summed E-state index contributed by atoms with van der Waals surface area (Å²) in [4.78, 5) is 13.4. The molecule has 0 aliphatic rings. The number of hydrogen-bond acceptors (Lipinski definition) is 2. The van der Waals surface area contributed by atoms with Gasteiger partial charge in [-0.3, -0.25) is 4.90 Å². The summed E-state index contributed by atoms with van der Waals surface area (Å²) in [5, 5.41) is 2.64. The first-order chi connectivity index (χ1) is 7.72. The van der Waals surface area contributed by atoms with Crippen molar-refractivity contribution in [3.8, 4) is 0 Å². The van der Waals surface area contributed by atoms with E-state index in [2.05, 4.69) is 5.32 Å². The Balaban J connectivity index is 2.87. The van der Waals surface area contributed by atoms with E-state index in [4.69, 9.17) is 5.73 Å². The Labute approximate surface area is 96.4 Å². The van der Waals surface area contributed by atoms with Crippen LogP contribution in [0.3, 0.4) is 0 Å². The molecule has 2 amide bonds. The van der Waals surface area contributed by atoms with E-state index in [0.29, 0.717) is 13.1 Å². The number of carbonyl (C=O) groups excluding carboxylic acids is 1. The van der Waals surface area contributed by atoms with Gasteiger partial charge in [0.2, 0.25) is 0 Å². The lowest BCUT2D eigenvalue weighted by Crippen LogP contribution is -2.38. The summed E-state index contributed by atoms with van der Waals surface area (Å²) < 4.78 is 0. The number of anilines is 1. The predicted octanol–water partition coefficient (Wildman–Crippen LogP) is 1.70. The fraction of sp³-hybridized carbons (Fsp3) is 0.417. The van der Waals surface area contributed by atoms with Crippen LogP contribution in [-0.2, 0) is 6.54 Å². The van der Waals surface area contributed by atoms with E-state index >= 15 is 0 Å². The zero-order chi connectivity index (χ0) is 12.0. The van der Waals surface area contributed by atoms with Crippen molar-refractivity contribution in [2.45, 2.75) is 19.9 Å². The van der Waals surface area contributed by atoms with Gasteiger partial charge < -0.3 is 11.1 Å². The van der Waals surface area contributed by atoms with Crippen LogP contribution in [0.25, 0.3) is 0 Å². The molecule has 3 N–H and O–H groups in total. The molecule has 16 heavy (non-hydrogen) atoms. The van der Waals surface area contributed by atoms with Crippen molar-refractivity contribution in [1.29, 1.82) is 0 Å². The van der Waals surface area contributed by atoms with Crippen LogP contribution < -0.4 is 16.0 Å². The number of hydrogen-bond donors (Lipinski definition) is 2. The van der Waals surface area contributed by atoms with E-state index in [0.717, 1.165) is 17.7 Å². The second kappa shape index (κ2) is 6.12. The summed E-state index contributed by atoms with van der Waals surface area (Å²) in [6.45, 7) is 3.28. The second-order valence-electron chi connectivity index (χ2n) is 3.58. The van der Waals surface area contributed by atoms with Crippen molar-refractivity contribution in [1.82, 2.24) is 5.32 Å². The highest BCUT2D eigenvalue weighted by molar-refractivity contribution is 5.91. The Morgan fingerprint density at radius 3 is 2.44 bits per heavy atom. The fourth-order valence-corrected chi connectivity index (χ4v) is 1.52. The van der Waals surface area contributed by atoms with Gasteiger partial charge in [0.05, 0.1) is 0 Å². The summed E-state index contributed by atoms with van der Waals surface area (Å²) in [5.41, 5.74) is 7.50. The summed E-state index contributed by atoms with van der Waals surface area (Å²) in [7, 11) is 1.64. The number of nitrogens with zero attached hydrogens (tertiary/aromatic N) is 1. The third kappa shape index (κ3) is 2.97. The van der Waals surface area contributed by atoms with E-state index in [1.54, 1.807) is 11.9 Å². The number of benzene rings is 1. The molecule has 4 nitrogen and oxygen atoms in total. The summed E-state index contributed by atoms with van der Waals surface area (Å²) in [6, 6.07) is 7.66. The van der Waals surface area contributed by atoms with Crippen molar-refractivity contribution in [2.24, 2.45) is 5.73 Å². The molecule has 0 fully saturated rings. The van der Waals surface area contributed by atoms with Gasteiger partial charge in [-0.25, -0.2) is 4.79 Å². The quantitative estimate of drug-likeness (QED) is 0.813. The molecular formula is C12H19N3O. The molecule has 0 aliphatic heterocycles. The fourth-order valence-electron chi connectivity index (χ4n) is 1.52. The molecule has 0 bridgehead atoms. The van der Waals surface area contributed by atoms with Gasteiger partial charge in [0.1, 0.15) is 0 Å². The molecule has 0 radical (unpaired) electrons. The summed E-state index contributed by atoms with van der Waals surface area (Å²) in [6.07, 6.45) is 0.923. The molecule has 88 valence electrons. The molecule has 0 unspecified atom stereocenters. The van der Waals surface area contributed by atoms with E-state index in [1.807, 2.05) is 31.2 Å². The van der Waals surface area contributed by atoms with Gasteiger partial charge in [-0.1, -0.05) is 19.1 Å². The van der Waals surface area contributed by atoms with Crippen LogP contribution in [0.15, 0.2) is 24.3 Å². The minimum absolute atomic E-state index is 0.0812. The molecule has 0 spiro atoms. The maximum Gasteiger partial charge on any atom is 0.321 e. The third-order valence-electron chi connectivity index (χ3n) is 2.39.